The molecule has 0 saturated carbocycles. The number of rotatable bonds is 24. The highest BCUT2D eigenvalue weighted by Crippen LogP contribution is 2.46. The van der Waals surface area contributed by atoms with E-state index >= 15 is 0 Å². The topological polar surface area (TPSA) is 29.5 Å². The van der Waals surface area contributed by atoms with Crippen molar-refractivity contribution in [2.75, 3.05) is 13.2 Å². The van der Waals surface area contributed by atoms with Crippen LogP contribution in [0, 0.1) is 22.7 Å². The molecule has 0 bridgehead atoms. The van der Waals surface area contributed by atoms with Gasteiger partial charge in [0.1, 0.15) is 0 Å². The van der Waals surface area contributed by atoms with Crippen molar-refractivity contribution in [1.82, 2.24) is 0 Å². The van der Waals surface area contributed by atoms with Gasteiger partial charge in [-0.05, 0) is 36.9 Å². The molecule has 35 heavy (non-hydrogen) atoms. The normalized spacial score (nSPS) is 15.5. The fraction of sp³-hybridized carbons (Fsp3) is 0.969. The molecule has 2 atom stereocenters. The second-order valence-electron chi connectivity index (χ2n) is 12.2. The summed E-state index contributed by atoms with van der Waals surface area (Å²) in [6.07, 6.45) is 23.8. The third kappa shape index (κ3) is 14.4. The minimum Gasteiger partial charge on any atom is -0.486 e. The Hall–Kier alpha value is -0.150. The summed E-state index contributed by atoms with van der Waals surface area (Å²) in [6, 6.07) is 0. The first-order valence-electron chi connectivity index (χ1n) is 15.5. The van der Waals surface area contributed by atoms with E-state index in [1.165, 1.54) is 103 Å². The van der Waals surface area contributed by atoms with Gasteiger partial charge >= 0.3 is 0 Å². The van der Waals surface area contributed by atoms with Crippen LogP contribution in [0.2, 0.25) is 0 Å². The molecule has 1 N–H and O–H groups in total. The zero-order valence-electron chi connectivity index (χ0n) is 25.1. The van der Waals surface area contributed by atoms with E-state index in [9.17, 15) is 5.11 Å². The lowest BCUT2D eigenvalue weighted by Crippen LogP contribution is -2.44. The molecule has 0 rings (SSSR count). The van der Waals surface area contributed by atoms with Crippen LogP contribution in [0.4, 0.5) is 0 Å². The van der Waals surface area contributed by atoms with Crippen molar-refractivity contribution >= 4 is 17.3 Å². The number of unbranched alkanes of at least 4 members (excludes halogenated alkanes) is 12. The van der Waals surface area contributed by atoms with Gasteiger partial charge in [0.2, 0.25) is 0 Å². The van der Waals surface area contributed by atoms with Gasteiger partial charge in [-0.25, -0.2) is 0 Å². The summed E-state index contributed by atoms with van der Waals surface area (Å²) in [5.41, 5.74) is -0.333. The zero-order valence-corrected chi connectivity index (χ0v) is 25.9. The zero-order chi connectivity index (χ0) is 26.6. The molecule has 0 spiro atoms. The molecular weight excluding hydrogens is 448 g/mol. The summed E-state index contributed by atoms with van der Waals surface area (Å²) in [7, 11) is 0. The lowest BCUT2D eigenvalue weighted by atomic mass is 9.63. The highest BCUT2D eigenvalue weighted by molar-refractivity contribution is 7.80. The third-order valence-electron chi connectivity index (χ3n) is 8.46. The molecule has 0 aliphatic heterocycles. The molecule has 2 nitrogen and oxygen atoms in total. The van der Waals surface area contributed by atoms with Gasteiger partial charge in [-0.15, -0.1) is 0 Å². The van der Waals surface area contributed by atoms with Crippen molar-refractivity contribution in [2.24, 2.45) is 22.7 Å². The Morgan fingerprint density at radius 2 is 1.03 bits per heavy atom. The fourth-order valence-corrected chi connectivity index (χ4v) is 6.07. The van der Waals surface area contributed by atoms with Gasteiger partial charge in [-0.3, -0.25) is 0 Å². The minimum absolute atomic E-state index is 0.0746. The van der Waals surface area contributed by atoms with Crippen LogP contribution in [0.25, 0.3) is 0 Å². The second kappa shape index (κ2) is 20.9. The molecule has 2 unspecified atom stereocenters. The number of hydrogen-bond donors (Lipinski definition) is 1. The van der Waals surface area contributed by atoms with Gasteiger partial charge in [-0.1, -0.05) is 151 Å². The van der Waals surface area contributed by atoms with E-state index in [-0.39, 0.29) is 17.4 Å². The molecule has 210 valence electrons. The van der Waals surface area contributed by atoms with Crippen molar-refractivity contribution in [2.45, 2.75) is 164 Å². The maximum absolute atomic E-state index is 9.74. The molecule has 0 heterocycles. The lowest BCUT2D eigenvalue weighted by molar-refractivity contribution is 0.0619. The van der Waals surface area contributed by atoms with Crippen molar-refractivity contribution in [3.05, 3.63) is 0 Å². The first-order valence-corrected chi connectivity index (χ1v) is 15.9. The standard InChI is InChI=1S/C32H64O2S/c1-8-12-14-16-18-20-22-24-28(10-3)32(7,30(35)34-27-31(5,6)26-33)29(11-4)25-23-21-19-17-15-13-9-2/h28-29,33H,8-27H2,1-7H3. The monoisotopic (exact) mass is 512 g/mol. The number of aliphatic hydroxyl groups is 1. The van der Waals surface area contributed by atoms with Crippen LogP contribution in [0.5, 0.6) is 0 Å². The first kappa shape index (κ1) is 34.9. The molecule has 0 aliphatic carbocycles. The molecule has 0 aromatic heterocycles. The van der Waals surface area contributed by atoms with E-state index in [4.69, 9.17) is 17.0 Å². The molecule has 0 amide bonds. The highest BCUT2D eigenvalue weighted by Gasteiger charge is 2.44. The highest BCUT2D eigenvalue weighted by atomic mass is 32.1. The maximum atomic E-state index is 9.74. The van der Waals surface area contributed by atoms with Crippen LogP contribution in [0.15, 0.2) is 0 Å². The van der Waals surface area contributed by atoms with Gasteiger partial charge < -0.3 is 9.84 Å². The molecule has 0 aromatic rings. The minimum atomic E-state index is -0.259. The van der Waals surface area contributed by atoms with Crippen LogP contribution < -0.4 is 0 Å². The van der Waals surface area contributed by atoms with Gasteiger partial charge in [0, 0.05) is 10.8 Å². The average molecular weight is 513 g/mol. The Kier molecular flexibility index (Phi) is 20.8. The summed E-state index contributed by atoms with van der Waals surface area (Å²) in [6.45, 7) is 16.4. The first-order chi connectivity index (χ1) is 16.7. The number of aliphatic hydroxyl groups excluding tert-OH is 1. The van der Waals surface area contributed by atoms with Crippen molar-refractivity contribution < 1.29 is 9.84 Å². The van der Waals surface area contributed by atoms with Gasteiger partial charge in [0.15, 0.2) is 5.05 Å². The van der Waals surface area contributed by atoms with Crippen molar-refractivity contribution in [3.8, 4) is 0 Å². The summed E-state index contributed by atoms with van der Waals surface area (Å²) in [4.78, 5) is 0. The maximum Gasteiger partial charge on any atom is 0.166 e. The molecule has 0 aromatic carbocycles. The Balaban J connectivity index is 5.23. The summed E-state index contributed by atoms with van der Waals surface area (Å²) < 4.78 is 6.34. The summed E-state index contributed by atoms with van der Waals surface area (Å²) in [5, 5.41) is 10.5. The van der Waals surface area contributed by atoms with Crippen molar-refractivity contribution in [3.63, 3.8) is 0 Å². The smallest absolute Gasteiger partial charge is 0.166 e. The van der Waals surface area contributed by atoms with Crippen LogP contribution >= 0.6 is 12.2 Å². The van der Waals surface area contributed by atoms with Crippen LogP contribution in [0.3, 0.4) is 0 Å². The third-order valence-corrected chi connectivity index (χ3v) is 9.01. The van der Waals surface area contributed by atoms with Crippen LogP contribution in [-0.4, -0.2) is 23.4 Å². The van der Waals surface area contributed by atoms with E-state index in [0.29, 0.717) is 18.4 Å². The predicted octanol–water partition coefficient (Wildman–Crippen LogP) is 10.7. The van der Waals surface area contributed by atoms with E-state index in [1.807, 2.05) is 0 Å². The SMILES string of the molecule is CCCCCCCCCC(CC)C(C)(C(=S)OCC(C)(C)CO)C(CC)CCCCCCCCC. The van der Waals surface area contributed by atoms with E-state index in [0.717, 1.165) is 17.9 Å². The fourth-order valence-electron chi connectivity index (χ4n) is 5.68. The Bertz CT molecular complexity index is 476. The number of ether oxygens (including phenoxy) is 1. The average Bonchev–Trinajstić information content (AvgIpc) is 2.85. The van der Waals surface area contributed by atoms with E-state index in [2.05, 4.69) is 48.5 Å². The molecule has 0 fully saturated rings. The predicted molar refractivity (Wildman–Crippen MR) is 160 cm³/mol. The van der Waals surface area contributed by atoms with E-state index in [1.54, 1.807) is 0 Å². The van der Waals surface area contributed by atoms with Gasteiger partial charge in [0.25, 0.3) is 0 Å². The molecule has 0 saturated heterocycles. The Morgan fingerprint density at radius 3 is 1.37 bits per heavy atom. The van der Waals surface area contributed by atoms with Gasteiger partial charge in [0.05, 0.1) is 13.2 Å². The summed E-state index contributed by atoms with van der Waals surface area (Å²) in [5.74, 6) is 1.13. The lowest BCUT2D eigenvalue weighted by Gasteiger charge is -2.44. The second-order valence-corrected chi connectivity index (χ2v) is 12.6. The van der Waals surface area contributed by atoms with Crippen molar-refractivity contribution in [1.29, 1.82) is 0 Å². The van der Waals surface area contributed by atoms with Gasteiger partial charge in [-0.2, -0.15) is 0 Å². The largest absolute Gasteiger partial charge is 0.486 e. The molecule has 0 radical (unpaired) electrons. The Labute approximate surface area is 226 Å². The molecule has 0 aliphatic rings. The van der Waals surface area contributed by atoms with E-state index < -0.39 is 0 Å². The van der Waals surface area contributed by atoms with Crippen LogP contribution in [-0.2, 0) is 4.74 Å². The molecule has 3 heteroatoms. The van der Waals surface area contributed by atoms with Crippen LogP contribution in [0.1, 0.15) is 164 Å². The molecular formula is C32H64O2S. The number of thiocarbonyl (C=S) groups is 1. The number of hydrogen-bond acceptors (Lipinski definition) is 3. The quantitative estimate of drug-likeness (QED) is 0.103. The summed E-state index contributed by atoms with van der Waals surface area (Å²) >= 11 is 6.09. The Morgan fingerprint density at radius 1 is 0.657 bits per heavy atom.